The lowest BCUT2D eigenvalue weighted by Crippen LogP contribution is -2.49. The van der Waals surface area contributed by atoms with Gasteiger partial charge in [0.1, 0.15) is 11.9 Å². The molecule has 6 nitrogen and oxygen atoms in total. The fourth-order valence-electron chi connectivity index (χ4n) is 2.87. The van der Waals surface area contributed by atoms with Crippen LogP contribution in [-0.2, 0) is 4.79 Å². The molecule has 0 aliphatic rings. The maximum absolute atomic E-state index is 13.6. The van der Waals surface area contributed by atoms with E-state index in [-0.39, 0.29) is 5.69 Å². The number of hydrogen-bond donors (Lipinski definition) is 1. The molecular formula is C21H20ClFN4O2S. The summed E-state index contributed by atoms with van der Waals surface area (Å²) in [6.45, 7) is 5.52. The summed E-state index contributed by atoms with van der Waals surface area (Å²) in [5, 5.41) is 8.77. The molecule has 2 aromatic carbocycles. The number of anilines is 1. The van der Waals surface area contributed by atoms with E-state index < -0.39 is 29.2 Å². The Morgan fingerprint density at radius 2 is 1.73 bits per heavy atom. The third kappa shape index (κ3) is 5.20. The van der Waals surface area contributed by atoms with Crippen LogP contribution in [0.1, 0.15) is 42.9 Å². The van der Waals surface area contributed by atoms with Crippen molar-refractivity contribution >= 4 is 40.6 Å². The summed E-state index contributed by atoms with van der Waals surface area (Å²) in [6.07, 6.45) is 0. The van der Waals surface area contributed by atoms with Gasteiger partial charge in [-0.3, -0.25) is 14.5 Å². The van der Waals surface area contributed by atoms with Gasteiger partial charge in [0.2, 0.25) is 5.91 Å². The molecule has 0 bridgehead atoms. The third-order valence-corrected chi connectivity index (χ3v) is 4.85. The number of benzene rings is 2. The van der Waals surface area contributed by atoms with E-state index in [1.54, 1.807) is 24.3 Å². The Kier molecular flexibility index (Phi) is 6.48. The Morgan fingerprint density at radius 1 is 1.10 bits per heavy atom. The number of rotatable bonds is 5. The lowest BCUT2D eigenvalue weighted by Gasteiger charge is -2.33. The van der Waals surface area contributed by atoms with Crippen molar-refractivity contribution in [1.29, 1.82) is 0 Å². The highest BCUT2D eigenvalue weighted by Crippen LogP contribution is 2.31. The first kappa shape index (κ1) is 21.9. The largest absolute Gasteiger partial charge is 0.349 e. The van der Waals surface area contributed by atoms with Gasteiger partial charge in [0, 0.05) is 21.6 Å². The van der Waals surface area contributed by atoms with Crippen LogP contribution in [0.5, 0.6) is 0 Å². The van der Waals surface area contributed by atoms with Crippen molar-refractivity contribution in [2.45, 2.75) is 32.4 Å². The van der Waals surface area contributed by atoms with Gasteiger partial charge in [0.05, 0.1) is 0 Å². The second kappa shape index (κ2) is 8.89. The summed E-state index contributed by atoms with van der Waals surface area (Å²) in [5.74, 6) is -1.37. The molecular weight excluding hydrogens is 427 g/mol. The number of hydrogen-bond acceptors (Lipinski definition) is 5. The summed E-state index contributed by atoms with van der Waals surface area (Å²) in [5.41, 5.74) is 0.442. The van der Waals surface area contributed by atoms with Gasteiger partial charge in [-0.05, 0) is 74.3 Å². The fourth-order valence-corrected chi connectivity index (χ4v) is 3.42. The average molecular weight is 447 g/mol. The Balaban J connectivity index is 2.16. The number of carbonyl (C=O) groups is 2. The summed E-state index contributed by atoms with van der Waals surface area (Å²) < 4.78 is 17.3. The summed E-state index contributed by atoms with van der Waals surface area (Å²) >= 11 is 7.05. The molecule has 3 rings (SSSR count). The van der Waals surface area contributed by atoms with Crippen molar-refractivity contribution in [3.63, 3.8) is 0 Å². The predicted octanol–water partition coefficient (Wildman–Crippen LogP) is 4.63. The number of nitrogens with zero attached hydrogens (tertiary/aromatic N) is 3. The molecule has 9 heteroatoms. The number of nitrogens with one attached hydrogen (secondary N) is 1. The van der Waals surface area contributed by atoms with E-state index in [9.17, 15) is 14.0 Å². The minimum Gasteiger partial charge on any atom is -0.349 e. The van der Waals surface area contributed by atoms with E-state index in [0.29, 0.717) is 16.3 Å². The highest BCUT2D eigenvalue weighted by Gasteiger charge is 2.35. The number of aromatic nitrogens is 2. The number of amides is 2. The van der Waals surface area contributed by atoms with Crippen LogP contribution in [0.2, 0.25) is 5.02 Å². The molecule has 3 aromatic rings. The Hall–Kier alpha value is -2.84. The molecule has 1 atom stereocenters. The maximum atomic E-state index is 13.6. The van der Waals surface area contributed by atoms with Crippen LogP contribution in [0.3, 0.4) is 0 Å². The normalized spacial score (nSPS) is 12.3. The molecule has 0 aliphatic carbocycles. The quantitative estimate of drug-likeness (QED) is 0.619. The zero-order valence-electron chi connectivity index (χ0n) is 16.6. The second-order valence-corrected chi connectivity index (χ2v) is 8.68. The Bertz CT molecular complexity index is 1020. The molecule has 2 amide bonds. The first-order valence-corrected chi connectivity index (χ1v) is 10.3. The summed E-state index contributed by atoms with van der Waals surface area (Å²) in [6, 6.07) is 10.9. The molecule has 156 valence electrons. The fraction of sp³-hybridized carbons (Fsp3) is 0.238. The zero-order valence-corrected chi connectivity index (χ0v) is 18.2. The van der Waals surface area contributed by atoms with Crippen molar-refractivity contribution in [2.24, 2.45) is 0 Å². The van der Waals surface area contributed by atoms with Gasteiger partial charge in [-0.1, -0.05) is 28.2 Å². The molecule has 0 saturated heterocycles. The van der Waals surface area contributed by atoms with Crippen LogP contribution in [0.25, 0.3) is 0 Å². The minimum absolute atomic E-state index is 0.102. The molecule has 0 saturated carbocycles. The zero-order chi connectivity index (χ0) is 21.9. The second-order valence-electron chi connectivity index (χ2n) is 7.64. The first-order valence-electron chi connectivity index (χ1n) is 9.09. The van der Waals surface area contributed by atoms with E-state index >= 15 is 0 Å². The van der Waals surface area contributed by atoms with Crippen molar-refractivity contribution < 1.29 is 14.0 Å². The van der Waals surface area contributed by atoms with Gasteiger partial charge in [-0.2, -0.15) is 0 Å². The van der Waals surface area contributed by atoms with Gasteiger partial charge in [-0.25, -0.2) is 4.39 Å². The van der Waals surface area contributed by atoms with Gasteiger partial charge >= 0.3 is 0 Å². The molecule has 0 aliphatic heterocycles. The average Bonchev–Trinajstić information content (AvgIpc) is 3.21. The highest BCUT2D eigenvalue weighted by atomic mass is 35.5. The van der Waals surface area contributed by atoms with E-state index in [1.807, 2.05) is 20.8 Å². The third-order valence-electron chi connectivity index (χ3n) is 4.09. The molecule has 0 fully saturated rings. The van der Waals surface area contributed by atoms with Gasteiger partial charge in [-0.15, -0.1) is 5.10 Å². The lowest BCUT2D eigenvalue weighted by atomic mass is 10.0. The van der Waals surface area contributed by atoms with E-state index in [0.717, 1.165) is 11.5 Å². The molecule has 1 heterocycles. The topological polar surface area (TPSA) is 75.2 Å². The van der Waals surface area contributed by atoms with Crippen LogP contribution in [-0.4, -0.2) is 26.9 Å². The number of carbonyl (C=O) groups excluding carboxylic acids is 2. The van der Waals surface area contributed by atoms with E-state index in [2.05, 4.69) is 14.9 Å². The Labute approximate surface area is 182 Å². The SMILES string of the molecule is CC(C)(C)NC(=O)C(c1ccc(F)cc1)N(C(=O)c1csnn1)c1ccc(Cl)cc1. The van der Waals surface area contributed by atoms with Crippen LogP contribution in [0.15, 0.2) is 53.9 Å². The van der Waals surface area contributed by atoms with Crippen LogP contribution < -0.4 is 10.2 Å². The molecule has 0 spiro atoms. The predicted molar refractivity (Wildman–Crippen MR) is 115 cm³/mol. The Morgan fingerprint density at radius 3 is 2.27 bits per heavy atom. The van der Waals surface area contributed by atoms with Crippen molar-refractivity contribution in [3.8, 4) is 0 Å². The van der Waals surface area contributed by atoms with E-state index in [1.165, 1.54) is 34.5 Å². The minimum atomic E-state index is -1.07. The smallest absolute Gasteiger partial charge is 0.280 e. The monoisotopic (exact) mass is 446 g/mol. The van der Waals surface area contributed by atoms with Crippen LogP contribution in [0.4, 0.5) is 10.1 Å². The standard InChI is InChI=1S/C21H20ClFN4O2S/c1-21(2,3)24-19(28)18(13-4-8-15(23)9-5-13)27(16-10-6-14(22)7-11-16)20(29)17-12-30-26-25-17/h4-12,18H,1-3H3,(H,24,28). The maximum Gasteiger partial charge on any atom is 0.280 e. The summed E-state index contributed by atoms with van der Waals surface area (Å²) in [4.78, 5) is 28.0. The summed E-state index contributed by atoms with van der Waals surface area (Å²) in [7, 11) is 0. The first-order chi connectivity index (χ1) is 14.2. The molecule has 1 unspecified atom stereocenters. The molecule has 30 heavy (non-hydrogen) atoms. The number of halogens is 2. The van der Waals surface area contributed by atoms with Crippen molar-refractivity contribution in [1.82, 2.24) is 14.9 Å². The van der Waals surface area contributed by atoms with Crippen molar-refractivity contribution in [2.75, 3.05) is 4.90 Å². The van der Waals surface area contributed by atoms with Gasteiger partial charge in [0.25, 0.3) is 5.91 Å². The van der Waals surface area contributed by atoms with Crippen molar-refractivity contribution in [3.05, 3.63) is 76.0 Å². The van der Waals surface area contributed by atoms with Crippen LogP contribution in [0, 0.1) is 5.82 Å². The molecule has 1 N–H and O–H groups in total. The van der Waals surface area contributed by atoms with Gasteiger partial charge < -0.3 is 5.32 Å². The lowest BCUT2D eigenvalue weighted by molar-refractivity contribution is -0.123. The van der Waals surface area contributed by atoms with E-state index in [4.69, 9.17) is 11.6 Å². The van der Waals surface area contributed by atoms with Gasteiger partial charge in [0.15, 0.2) is 5.69 Å². The molecule has 1 aromatic heterocycles. The van der Waals surface area contributed by atoms with Crippen LogP contribution >= 0.6 is 23.1 Å². The highest BCUT2D eigenvalue weighted by molar-refractivity contribution is 7.03. The molecule has 0 radical (unpaired) electrons.